The smallest absolute Gasteiger partial charge is 0.356 e. The number of hydrogen-bond donors (Lipinski definition) is 3. The van der Waals surface area contributed by atoms with Gasteiger partial charge in [-0.1, -0.05) is 0 Å². The fourth-order valence-corrected chi connectivity index (χ4v) is 2.69. The summed E-state index contributed by atoms with van der Waals surface area (Å²) >= 11 is 0. The van der Waals surface area contributed by atoms with E-state index in [0.29, 0.717) is 23.4 Å². The average Bonchev–Trinajstić information content (AvgIpc) is 2.97. The van der Waals surface area contributed by atoms with Gasteiger partial charge in [0.05, 0.1) is 32.5 Å². The number of esters is 1. The molecule has 7 nitrogen and oxygen atoms in total. The Bertz CT molecular complexity index is 750. The number of nitrogens with one attached hydrogen (secondary N) is 3. The molecule has 7 heteroatoms. The Morgan fingerprint density at radius 2 is 1.92 bits per heavy atom. The van der Waals surface area contributed by atoms with Gasteiger partial charge in [-0.2, -0.15) is 0 Å². The minimum Gasteiger partial charge on any atom is -0.497 e. The number of H-pyrrole nitrogens is 1. The van der Waals surface area contributed by atoms with Gasteiger partial charge in [-0.15, -0.1) is 0 Å². The van der Waals surface area contributed by atoms with Crippen molar-refractivity contribution in [2.45, 2.75) is 20.8 Å². The Labute approximate surface area is 147 Å². The van der Waals surface area contributed by atoms with E-state index in [1.165, 1.54) is 0 Å². The number of carbonyl (C=O) groups is 2. The second-order valence-electron chi connectivity index (χ2n) is 5.69. The number of benzene rings is 1. The third kappa shape index (κ3) is 4.30. The van der Waals surface area contributed by atoms with Crippen LogP contribution in [0.15, 0.2) is 18.2 Å². The number of likely N-dealkylation sites (N-methyl/N-ethyl adjacent to an activating group) is 1. The number of amides is 1. The van der Waals surface area contributed by atoms with E-state index in [2.05, 4.69) is 10.3 Å². The van der Waals surface area contributed by atoms with Crippen molar-refractivity contribution in [2.75, 3.05) is 38.7 Å². The molecule has 25 heavy (non-hydrogen) atoms. The Morgan fingerprint density at radius 3 is 2.52 bits per heavy atom. The molecule has 1 amide bonds. The highest BCUT2D eigenvalue weighted by Crippen LogP contribution is 2.31. The predicted octanol–water partition coefficient (Wildman–Crippen LogP) is 1.22. The van der Waals surface area contributed by atoms with Gasteiger partial charge in [0.1, 0.15) is 11.4 Å². The molecular formula is C18H26N3O4+. The van der Waals surface area contributed by atoms with Crippen molar-refractivity contribution in [3.63, 3.8) is 0 Å². The van der Waals surface area contributed by atoms with Crippen LogP contribution in [0.25, 0.3) is 10.9 Å². The summed E-state index contributed by atoms with van der Waals surface area (Å²) in [4.78, 5) is 28.9. The SMILES string of the molecule is CCOC(=O)c1[nH]c2ccc(OC)cc2c1NC(=O)C[NH+](CC)CC. The number of methoxy groups -OCH3 is 1. The standard InChI is InChI=1S/C18H25N3O4/c1-5-21(6-2)11-15(22)20-16-13-10-12(24-4)8-9-14(13)19-17(16)18(23)25-7-3/h8-10,19H,5-7,11H2,1-4H3,(H,20,22)/p+1. The topological polar surface area (TPSA) is 84.9 Å². The number of quaternary nitrogens is 1. The van der Waals surface area contributed by atoms with Gasteiger partial charge in [0.2, 0.25) is 0 Å². The summed E-state index contributed by atoms with van der Waals surface area (Å²) in [7, 11) is 1.57. The van der Waals surface area contributed by atoms with Gasteiger partial charge in [-0.25, -0.2) is 4.79 Å². The monoisotopic (exact) mass is 348 g/mol. The zero-order valence-electron chi connectivity index (χ0n) is 15.2. The van der Waals surface area contributed by atoms with Crippen molar-refractivity contribution >= 4 is 28.5 Å². The van der Waals surface area contributed by atoms with Crippen LogP contribution in [0, 0.1) is 0 Å². The lowest BCUT2D eigenvalue weighted by Crippen LogP contribution is -3.12. The summed E-state index contributed by atoms with van der Waals surface area (Å²) in [6, 6.07) is 5.38. The van der Waals surface area contributed by atoms with Gasteiger partial charge in [0, 0.05) is 10.9 Å². The van der Waals surface area contributed by atoms with Crippen LogP contribution in [0.2, 0.25) is 0 Å². The maximum absolute atomic E-state index is 12.4. The molecule has 0 aliphatic carbocycles. The highest BCUT2D eigenvalue weighted by atomic mass is 16.5. The van der Waals surface area contributed by atoms with E-state index in [1.54, 1.807) is 26.2 Å². The second kappa shape index (κ2) is 8.53. The molecule has 0 spiro atoms. The first kappa shape index (κ1) is 18.8. The number of anilines is 1. The Kier molecular flexibility index (Phi) is 6.41. The summed E-state index contributed by atoms with van der Waals surface area (Å²) in [6.45, 7) is 8.12. The molecule has 0 saturated heterocycles. The molecular weight excluding hydrogens is 322 g/mol. The normalized spacial score (nSPS) is 10.9. The van der Waals surface area contributed by atoms with Crippen LogP contribution in [0.4, 0.5) is 5.69 Å². The number of hydrogen-bond acceptors (Lipinski definition) is 4. The molecule has 1 aromatic heterocycles. The maximum atomic E-state index is 12.4. The zero-order chi connectivity index (χ0) is 18.4. The molecule has 0 aliphatic heterocycles. The van der Waals surface area contributed by atoms with Crippen LogP contribution >= 0.6 is 0 Å². The number of aromatic amines is 1. The first-order valence-electron chi connectivity index (χ1n) is 8.54. The van der Waals surface area contributed by atoms with Crippen LogP contribution in [0.3, 0.4) is 0 Å². The molecule has 136 valence electrons. The molecule has 0 unspecified atom stereocenters. The van der Waals surface area contributed by atoms with Gasteiger partial charge in [0.15, 0.2) is 6.54 Å². The highest BCUT2D eigenvalue weighted by molar-refractivity contribution is 6.11. The number of rotatable bonds is 8. The quantitative estimate of drug-likeness (QED) is 0.626. The third-order valence-corrected chi connectivity index (χ3v) is 4.16. The predicted molar refractivity (Wildman–Crippen MR) is 96.3 cm³/mol. The number of ether oxygens (including phenoxy) is 2. The first-order valence-corrected chi connectivity index (χ1v) is 8.54. The van der Waals surface area contributed by atoms with Crippen molar-refractivity contribution in [3.8, 4) is 5.75 Å². The average molecular weight is 348 g/mol. The molecule has 0 fully saturated rings. The van der Waals surface area contributed by atoms with E-state index in [9.17, 15) is 9.59 Å². The zero-order valence-corrected chi connectivity index (χ0v) is 15.2. The largest absolute Gasteiger partial charge is 0.497 e. The second-order valence-corrected chi connectivity index (χ2v) is 5.69. The Balaban J connectivity index is 2.41. The Morgan fingerprint density at radius 1 is 1.20 bits per heavy atom. The molecule has 0 atom stereocenters. The number of carbonyl (C=O) groups excluding carboxylic acids is 2. The van der Waals surface area contributed by atoms with Crippen molar-refractivity contribution in [1.82, 2.24) is 4.98 Å². The van der Waals surface area contributed by atoms with E-state index < -0.39 is 5.97 Å². The molecule has 0 bridgehead atoms. The van der Waals surface area contributed by atoms with Gasteiger partial charge in [-0.3, -0.25) is 4.79 Å². The molecule has 3 N–H and O–H groups in total. The fourth-order valence-electron chi connectivity index (χ4n) is 2.69. The molecule has 2 aromatic rings. The number of aromatic nitrogens is 1. The molecule has 1 heterocycles. The van der Waals surface area contributed by atoms with Gasteiger partial charge in [-0.05, 0) is 39.0 Å². The van der Waals surface area contributed by atoms with E-state index in [0.717, 1.165) is 23.5 Å². The minimum atomic E-state index is -0.497. The third-order valence-electron chi connectivity index (χ3n) is 4.16. The lowest BCUT2D eigenvalue weighted by atomic mass is 10.2. The van der Waals surface area contributed by atoms with Crippen LogP contribution in [-0.2, 0) is 9.53 Å². The fraction of sp³-hybridized carbons (Fsp3) is 0.444. The molecule has 1 aromatic carbocycles. The van der Waals surface area contributed by atoms with Crippen LogP contribution in [0.5, 0.6) is 5.75 Å². The lowest BCUT2D eigenvalue weighted by Gasteiger charge is -2.15. The van der Waals surface area contributed by atoms with Crippen LogP contribution in [-0.4, -0.2) is 50.2 Å². The van der Waals surface area contributed by atoms with Crippen molar-refractivity contribution in [3.05, 3.63) is 23.9 Å². The minimum absolute atomic E-state index is 0.145. The number of fused-ring (bicyclic) bond motifs is 1. The van der Waals surface area contributed by atoms with Crippen molar-refractivity contribution in [2.24, 2.45) is 0 Å². The Hall–Kier alpha value is -2.54. The van der Waals surface area contributed by atoms with Gasteiger partial charge >= 0.3 is 5.97 Å². The van der Waals surface area contributed by atoms with Crippen molar-refractivity contribution in [1.29, 1.82) is 0 Å². The van der Waals surface area contributed by atoms with Crippen LogP contribution < -0.4 is 15.0 Å². The lowest BCUT2D eigenvalue weighted by molar-refractivity contribution is -0.888. The molecule has 2 rings (SSSR count). The van der Waals surface area contributed by atoms with Gasteiger partial charge < -0.3 is 24.7 Å². The summed E-state index contributed by atoms with van der Waals surface area (Å²) in [6.07, 6.45) is 0. The summed E-state index contributed by atoms with van der Waals surface area (Å²) in [5, 5.41) is 3.59. The molecule has 0 radical (unpaired) electrons. The maximum Gasteiger partial charge on any atom is 0.356 e. The van der Waals surface area contributed by atoms with E-state index in [-0.39, 0.29) is 18.2 Å². The van der Waals surface area contributed by atoms with E-state index in [1.807, 2.05) is 19.9 Å². The summed E-state index contributed by atoms with van der Waals surface area (Å²) in [5.74, 6) is 0.00268. The summed E-state index contributed by atoms with van der Waals surface area (Å²) in [5.41, 5.74) is 1.41. The molecule has 0 saturated carbocycles. The van der Waals surface area contributed by atoms with Gasteiger partial charge in [0.25, 0.3) is 5.91 Å². The highest BCUT2D eigenvalue weighted by Gasteiger charge is 2.22. The van der Waals surface area contributed by atoms with E-state index in [4.69, 9.17) is 9.47 Å². The molecule has 0 aliphatic rings. The summed E-state index contributed by atoms with van der Waals surface area (Å²) < 4.78 is 10.4. The van der Waals surface area contributed by atoms with E-state index >= 15 is 0 Å². The van der Waals surface area contributed by atoms with Crippen molar-refractivity contribution < 1.29 is 24.0 Å². The van der Waals surface area contributed by atoms with Crippen LogP contribution in [0.1, 0.15) is 31.3 Å². The first-order chi connectivity index (χ1) is 12.0.